The minimum Gasteiger partial charge on any atom is -0.358 e. The SMILES string of the molecule is Cc1[nH]c(/C=C2\C(=O)Nc3ccc(S(=O)(=O)Cc4ccccc4)cc32)c(C)c1C(=O)N1CCC[C@H]1CNCC1CC1. The summed E-state index contributed by atoms with van der Waals surface area (Å²) < 4.78 is 26.4. The van der Waals surface area contributed by atoms with Gasteiger partial charge in [0.2, 0.25) is 0 Å². The van der Waals surface area contributed by atoms with E-state index >= 15 is 0 Å². The molecule has 6 rings (SSSR count). The van der Waals surface area contributed by atoms with Gasteiger partial charge in [0.25, 0.3) is 11.8 Å². The summed E-state index contributed by atoms with van der Waals surface area (Å²) in [6.07, 6.45) is 6.32. The molecule has 1 aliphatic carbocycles. The van der Waals surface area contributed by atoms with Gasteiger partial charge in [-0.1, -0.05) is 30.3 Å². The first-order chi connectivity index (χ1) is 19.7. The quantitative estimate of drug-likeness (QED) is 0.322. The molecule has 9 heteroatoms. The highest BCUT2D eigenvalue weighted by Gasteiger charge is 2.33. The lowest BCUT2D eigenvalue weighted by atomic mass is 10.0. The lowest BCUT2D eigenvalue weighted by Crippen LogP contribution is -2.42. The van der Waals surface area contributed by atoms with Crippen molar-refractivity contribution in [2.24, 2.45) is 5.92 Å². The number of nitrogens with one attached hydrogen (secondary N) is 3. The molecule has 2 aromatic carbocycles. The topological polar surface area (TPSA) is 111 Å². The number of likely N-dealkylation sites (tertiary alicyclic amines) is 1. The van der Waals surface area contributed by atoms with Crippen LogP contribution in [0.15, 0.2) is 53.4 Å². The summed E-state index contributed by atoms with van der Waals surface area (Å²) in [5, 5.41) is 6.40. The Labute approximate surface area is 241 Å². The first-order valence-electron chi connectivity index (χ1n) is 14.4. The van der Waals surface area contributed by atoms with Crippen molar-refractivity contribution in [1.29, 1.82) is 0 Å². The summed E-state index contributed by atoms with van der Waals surface area (Å²) in [5.74, 6) is 0.380. The van der Waals surface area contributed by atoms with Gasteiger partial charge >= 0.3 is 0 Å². The van der Waals surface area contributed by atoms with Crippen molar-refractivity contribution < 1.29 is 18.0 Å². The normalized spacial score (nSPS) is 19.6. The third-order valence-corrected chi connectivity index (χ3v) is 10.1. The molecule has 2 aliphatic heterocycles. The Kier molecular flexibility index (Phi) is 7.34. The Morgan fingerprint density at radius 1 is 1.07 bits per heavy atom. The maximum absolute atomic E-state index is 13.7. The van der Waals surface area contributed by atoms with Crippen molar-refractivity contribution >= 4 is 39.0 Å². The van der Waals surface area contributed by atoms with E-state index in [-0.39, 0.29) is 28.5 Å². The maximum atomic E-state index is 13.7. The van der Waals surface area contributed by atoms with Crippen molar-refractivity contribution in [3.63, 3.8) is 0 Å². The van der Waals surface area contributed by atoms with E-state index in [2.05, 4.69) is 15.6 Å². The van der Waals surface area contributed by atoms with Gasteiger partial charge in [-0.2, -0.15) is 0 Å². The number of fused-ring (bicyclic) bond motifs is 1. The van der Waals surface area contributed by atoms with Crippen molar-refractivity contribution in [3.8, 4) is 0 Å². The zero-order chi connectivity index (χ0) is 28.7. The second kappa shape index (κ2) is 10.9. The average molecular weight is 573 g/mol. The molecule has 0 spiro atoms. The number of rotatable bonds is 9. The van der Waals surface area contributed by atoms with Crippen LogP contribution in [0.2, 0.25) is 0 Å². The molecule has 2 amide bonds. The van der Waals surface area contributed by atoms with Crippen LogP contribution in [0.5, 0.6) is 0 Å². The molecule has 2 fully saturated rings. The van der Waals surface area contributed by atoms with Crippen LogP contribution in [0, 0.1) is 19.8 Å². The first-order valence-corrected chi connectivity index (χ1v) is 16.0. The van der Waals surface area contributed by atoms with E-state index in [1.165, 1.54) is 18.9 Å². The van der Waals surface area contributed by atoms with Crippen LogP contribution in [-0.2, 0) is 20.4 Å². The van der Waals surface area contributed by atoms with Crippen LogP contribution in [-0.4, -0.2) is 55.8 Å². The monoisotopic (exact) mass is 572 g/mol. The second-order valence-electron chi connectivity index (χ2n) is 11.5. The molecule has 0 radical (unpaired) electrons. The number of H-pyrrole nitrogens is 1. The molecule has 0 unspecified atom stereocenters. The third kappa shape index (κ3) is 5.61. The van der Waals surface area contributed by atoms with Crippen LogP contribution in [0.25, 0.3) is 11.6 Å². The Morgan fingerprint density at radius 3 is 2.61 bits per heavy atom. The molecule has 1 atom stereocenters. The number of sulfone groups is 1. The number of benzene rings is 2. The summed E-state index contributed by atoms with van der Waals surface area (Å²) >= 11 is 0. The standard InChI is InChI=1S/C32H36N4O4S/c1-20-29(34-21(2)30(20)32(38)36-14-6-9-24(36)18-33-17-22-10-11-22)16-27-26-15-25(12-13-28(26)35-31(27)37)41(39,40)19-23-7-4-3-5-8-23/h3-5,7-8,12-13,15-16,22,24,33-34H,6,9-11,14,17-19H2,1-2H3,(H,35,37)/b27-16-/t24-/m0/s1. The van der Waals surface area contributed by atoms with Gasteiger partial charge in [0.15, 0.2) is 9.84 Å². The van der Waals surface area contributed by atoms with Crippen molar-refractivity contribution in [1.82, 2.24) is 15.2 Å². The first kappa shape index (κ1) is 27.5. The number of aryl methyl sites for hydroxylation is 1. The van der Waals surface area contributed by atoms with Gasteiger partial charge < -0.3 is 20.5 Å². The molecule has 3 heterocycles. The summed E-state index contributed by atoms with van der Waals surface area (Å²) in [7, 11) is -3.62. The van der Waals surface area contributed by atoms with Gasteiger partial charge in [0.1, 0.15) is 0 Å². The number of amides is 2. The lowest BCUT2D eigenvalue weighted by Gasteiger charge is -2.25. The molecule has 1 aromatic heterocycles. The maximum Gasteiger partial charge on any atom is 0.256 e. The zero-order valence-corrected chi connectivity index (χ0v) is 24.3. The van der Waals surface area contributed by atoms with E-state index in [0.717, 1.165) is 49.7 Å². The Hall–Kier alpha value is -3.69. The van der Waals surface area contributed by atoms with E-state index in [4.69, 9.17) is 0 Å². The number of hydrogen-bond donors (Lipinski definition) is 3. The van der Waals surface area contributed by atoms with Crippen molar-refractivity contribution in [2.75, 3.05) is 25.0 Å². The molecule has 3 N–H and O–H groups in total. The molecular weight excluding hydrogens is 536 g/mol. The van der Waals surface area contributed by atoms with Gasteiger partial charge in [0, 0.05) is 41.8 Å². The fourth-order valence-electron chi connectivity index (χ4n) is 6.00. The van der Waals surface area contributed by atoms with Crippen LogP contribution in [0.1, 0.15) is 64.1 Å². The highest BCUT2D eigenvalue weighted by Crippen LogP contribution is 2.36. The van der Waals surface area contributed by atoms with Crippen LogP contribution >= 0.6 is 0 Å². The smallest absolute Gasteiger partial charge is 0.256 e. The molecule has 3 aliphatic rings. The Morgan fingerprint density at radius 2 is 1.85 bits per heavy atom. The number of aromatic amines is 1. The largest absolute Gasteiger partial charge is 0.358 e. The molecule has 214 valence electrons. The summed E-state index contributed by atoms with van der Waals surface area (Å²) in [6, 6.07) is 14.0. The molecule has 3 aromatic rings. The summed E-state index contributed by atoms with van der Waals surface area (Å²) in [4.78, 5) is 32.2. The van der Waals surface area contributed by atoms with Crippen LogP contribution in [0.4, 0.5) is 5.69 Å². The van der Waals surface area contributed by atoms with Gasteiger partial charge in [-0.05, 0) is 87.4 Å². The predicted octanol–water partition coefficient (Wildman–Crippen LogP) is 4.70. The number of aromatic nitrogens is 1. The van der Waals surface area contributed by atoms with E-state index in [0.29, 0.717) is 33.6 Å². The highest BCUT2D eigenvalue weighted by molar-refractivity contribution is 7.90. The van der Waals surface area contributed by atoms with E-state index in [9.17, 15) is 18.0 Å². The minimum absolute atomic E-state index is 0.0159. The molecule has 8 nitrogen and oxygen atoms in total. The second-order valence-corrected chi connectivity index (χ2v) is 13.5. The Bertz CT molecular complexity index is 1640. The fraction of sp³-hybridized carbons (Fsp3) is 0.375. The molecule has 41 heavy (non-hydrogen) atoms. The van der Waals surface area contributed by atoms with Crippen LogP contribution in [0.3, 0.4) is 0 Å². The van der Waals surface area contributed by atoms with Gasteiger partial charge in [0.05, 0.1) is 21.8 Å². The Balaban J connectivity index is 1.26. The van der Waals surface area contributed by atoms with Crippen molar-refractivity contribution in [3.05, 3.63) is 82.2 Å². The highest BCUT2D eigenvalue weighted by atomic mass is 32.2. The number of hydrogen-bond acceptors (Lipinski definition) is 5. The van der Waals surface area contributed by atoms with E-state index in [1.807, 2.05) is 36.9 Å². The molecule has 1 saturated heterocycles. The number of anilines is 1. The predicted molar refractivity (Wildman–Crippen MR) is 160 cm³/mol. The van der Waals surface area contributed by atoms with E-state index in [1.54, 1.807) is 30.3 Å². The molecular formula is C32H36N4O4S. The van der Waals surface area contributed by atoms with Gasteiger partial charge in [-0.25, -0.2) is 8.42 Å². The van der Waals surface area contributed by atoms with Gasteiger partial charge in [-0.3, -0.25) is 9.59 Å². The number of nitrogens with zero attached hydrogens (tertiary/aromatic N) is 1. The molecule has 1 saturated carbocycles. The summed E-state index contributed by atoms with van der Waals surface area (Å²) in [6.45, 7) is 6.36. The third-order valence-electron chi connectivity index (χ3n) is 8.46. The summed E-state index contributed by atoms with van der Waals surface area (Å²) in [5.41, 5.74) is 5.02. The van der Waals surface area contributed by atoms with E-state index < -0.39 is 9.84 Å². The molecule has 0 bridgehead atoms. The number of carbonyl (C=O) groups excluding carboxylic acids is 2. The number of carbonyl (C=O) groups is 2. The fourth-order valence-corrected chi connectivity index (χ4v) is 7.37. The van der Waals surface area contributed by atoms with Gasteiger partial charge in [-0.15, -0.1) is 0 Å². The lowest BCUT2D eigenvalue weighted by molar-refractivity contribution is -0.110. The van der Waals surface area contributed by atoms with Crippen molar-refractivity contribution in [2.45, 2.75) is 56.2 Å². The zero-order valence-electron chi connectivity index (χ0n) is 23.5. The minimum atomic E-state index is -3.62. The van der Waals surface area contributed by atoms with Crippen LogP contribution < -0.4 is 10.6 Å². The average Bonchev–Trinajstić information content (AvgIpc) is 3.44.